The Bertz CT molecular complexity index is 1110. The Morgan fingerprint density at radius 3 is 2.18 bits per heavy atom. The van der Waals surface area contributed by atoms with E-state index >= 15 is 0 Å². The maximum atomic E-state index is 13.4. The summed E-state index contributed by atoms with van der Waals surface area (Å²) in [6, 6.07) is 11.9. The molecule has 2 aromatic carbocycles. The predicted octanol–water partition coefficient (Wildman–Crippen LogP) is 3.28. The highest BCUT2D eigenvalue weighted by Crippen LogP contribution is 2.35. The molecule has 0 aliphatic carbocycles. The number of hydrogen-bond acceptors (Lipinski definition) is 7. The molecule has 2 aromatic rings. The zero-order chi connectivity index (χ0) is 24.8. The number of carbonyl (C=O) groups is 3. The molecule has 1 heterocycles. The topological polar surface area (TPSA) is 106 Å². The first-order valence-electron chi connectivity index (χ1n) is 10.8. The average molecular weight is 468 g/mol. The van der Waals surface area contributed by atoms with Crippen LogP contribution in [0.25, 0.3) is 5.57 Å². The van der Waals surface area contributed by atoms with Crippen molar-refractivity contribution in [3.05, 3.63) is 53.7 Å². The van der Waals surface area contributed by atoms with E-state index < -0.39 is 11.8 Å². The fourth-order valence-electron chi connectivity index (χ4n) is 3.52. The van der Waals surface area contributed by atoms with Gasteiger partial charge in [0, 0.05) is 18.3 Å². The van der Waals surface area contributed by atoms with E-state index in [0.717, 1.165) is 0 Å². The molecule has 1 aliphatic rings. The number of imide groups is 1. The highest BCUT2D eigenvalue weighted by atomic mass is 16.5. The first-order valence-corrected chi connectivity index (χ1v) is 10.8. The monoisotopic (exact) mass is 467 g/mol. The lowest BCUT2D eigenvalue weighted by atomic mass is 10.0. The minimum absolute atomic E-state index is 0.0224. The maximum absolute atomic E-state index is 13.4. The fourth-order valence-corrected chi connectivity index (χ4v) is 3.52. The van der Waals surface area contributed by atoms with Gasteiger partial charge in [0.05, 0.1) is 39.0 Å². The number of anilines is 2. The Hall–Kier alpha value is -3.85. The minimum Gasteiger partial charge on any atom is -0.493 e. The Balaban J connectivity index is 1.98. The van der Waals surface area contributed by atoms with Crippen LogP contribution in [0.3, 0.4) is 0 Å². The smallest absolute Gasteiger partial charge is 0.278 e. The van der Waals surface area contributed by atoms with E-state index in [1.54, 1.807) is 42.5 Å². The third-order valence-electron chi connectivity index (χ3n) is 5.08. The van der Waals surface area contributed by atoms with Crippen LogP contribution in [-0.2, 0) is 19.1 Å². The van der Waals surface area contributed by atoms with Crippen LogP contribution in [0.5, 0.6) is 11.5 Å². The molecule has 0 bridgehead atoms. The van der Waals surface area contributed by atoms with Gasteiger partial charge in [-0.15, -0.1) is 0 Å². The van der Waals surface area contributed by atoms with Crippen molar-refractivity contribution in [1.82, 2.24) is 4.90 Å². The van der Waals surface area contributed by atoms with E-state index in [4.69, 9.17) is 14.2 Å². The van der Waals surface area contributed by atoms with Crippen molar-refractivity contribution in [2.75, 3.05) is 38.0 Å². The first kappa shape index (κ1) is 24.8. The number of nitrogens with one attached hydrogen (secondary N) is 2. The van der Waals surface area contributed by atoms with Gasteiger partial charge in [-0.1, -0.05) is 6.07 Å². The molecule has 3 amide bonds. The van der Waals surface area contributed by atoms with Crippen LogP contribution in [0.4, 0.5) is 11.4 Å². The molecule has 3 rings (SSSR count). The van der Waals surface area contributed by atoms with Crippen LogP contribution < -0.4 is 20.1 Å². The Labute approximate surface area is 198 Å². The molecule has 0 aromatic heterocycles. The van der Waals surface area contributed by atoms with Crippen molar-refractivity contribution in [1.29, 1.82) is 0 Å². The summed E-state index contributed by atoms with van der Waals surface area (Å²) in [7, 11) is 3.03. The van der Waals surface area contributed by atoms with Gasteiger partial charge in [0.2, 0.25) is 5.91 Å². The van der Waals surface area contributed by atoms with Crippen LogP contribution in [0.1, 0.15) is 26.3 Å². The first-order chi connectivity index (χ1) is 16.2. The molecular weight excluding hydrogens is 438 g/mol. The van der Waals surface area contributed by atoms with E-state index in [1.165, 1.54) is 26.0 Å². The van der Waals surface area contributed by atoms with Crippen molar-refractivity contribution < 1.29 is 28.6 Å². The molecule has 9 nitrogen and oxygen atoms in total. The summed E-state index contributed by atoms with van der Waals surface area (Å²) in [5.41, 5.74) is 2.09. The summed E-state index contributed by atoms with van der Waals surface area (Å²) in [5.74, 6) is -0.118. The van der Waals surface area contributed by atoms with Crippen molar-refractivity contribution in [3.8, 4) is 11.5 Å². The number of ether oxygens (including phenoxy) is 3. The molecule has 34 heavy (non-hydrogen) atoms. The molecule has 0 saturated carbocycles. The maximum Gasteiger partial charge on any atom is 0.278 e. The second-order valence-corrected chi connectivity index (χ2v) is 7.88. The second-order valence-electron chi connectivity index (χ2n) is 7.88. The molecule has 0 atom stereocenters. The number of benzene rings is 2. The van der Waals surface area contributed by atoms with Gasteiger partial charge < -0.3 is 24.8 Å². The number of rotatable bonds is 10. The standard InChI is InChI=1S/C25H29N3O6/c1-15(2)34-13-12-28-24(30)22(17-6-11-20(32-4)21(14-17)33-5)23(25(28)31)27-19-9-7-18(8-10-19)26-16(3)29/h6-11,14-15,27H,12-13H2,1-5H3,(H,26,29). The largest absolute Gasteiger partial charge is 0.493 e. The molecule has 1 aliphatic heterocycles. The average Bonchev–Trinajstić information content (AvgIpc) is 3.03. The lowest BCUT2D eigenvalue weighted by molar-refractivity contribution is -0.138. The van der Waals surface area contributed by atoms with Gasteiger partial charge in [0.25, 0.3) is 11.8 Å². The summed E-state index contributed by atoms with van der Waals surface area (Å²) >= 11 is 0. The SMILES string of the molecule is COc1ccc(C2=C(Nc3ccc(NC(C)=O)cc3)C(=O)N(CCOC(C)C)C2=O)cc1OC. The van der Waals surface area contributed by atoms with Gasteiger partial charge in [0.1, 0.15) is 5.70 Å². The van der Waals surface area contributed by atoms with Gasteiger partial charge in [0.15, 0.2) is 11.5 Å². The predicted molar refractivity (Wildman–Crippen MR) is 129 cm³/mol. The fraction of sp³-hybridized carbons (Fsp3) is 0.320. The van der Waals surface area contributed by atoms with Gasteiger partial charge in [-0.2, -0.15) is 0 Å². The third kappa shape index (κ3) is 5.55. The van der Waals surface area contributed by atoms with Crippen LogP contribution in [0.15, 0.2) is 48.2 Å². The number of methoxy groups -OCH3 is 2. The quantitative estimate of drug-likeness (QED) is 0.517. The van der Waals surface area contributed by atoms with Crippen molar-refractivity contribution in [3.63, 3.8) is 0 Å². The summed E-state index contributed by atoms with van der Waals surface area (Å²) in [6.07, 6.45) is -0.0224. The Morgan fingerprint density at radius 1 is 0.941 bits per heavy atom. The summed E-state index contributed by atoms with van der Waals surface area (Å²) in [6.45, 7) is 5.55. The third-order valence-corrected chi connectivity index (χ3v) is 5.08. The zero-order valence-electron chi connectivity index (χ0n) is 19.9. The Kier molecular flexibility index (Phi) is 7.91. The second kappa shape index (κ2) is 10.8. The molecule has 180 valence electrons. The van der Waals surface area contributed by atoms with E-state index in [2.05, 4.69) is 10.6 Å². The lowest BCUT2D eigenvalue weighted by Gasteiger charge is -2.16. The van der Waals surface area contributed by atoms with E-state index in [1.807, 2.05) is 13.8 Å². The van der Waals surface area contributed by atoms with E-state index in [9.17, 15) is 14.4 Å². The van der Waals surface area contributed by atoms with E-state index in [-0.39, 0.29) is 36.4 Å². The zero-order valence-corrected chi connectivity index (χ0v) is 19.9. The molecule has 9 heteroatoms. The number of carbonyl (C=O) groups excluding carboxylic acids is 3. The normalized spacial score (nSPS) is 13.5. The van der Waals surface area contributed by atoms with Crippen LogP contribution >= 0.6 is 0 Å². The highest BCUT2D eigenvalue weighted by molar-refractivity contribution is 6.36. The highest BCUT2D eigenvalue weighted by Gasteiger charge is 2.39. The minimum atomic E-state index is -0.451. The van der Waals surface area contributed by atoms with Crippen molar-refractivity contribution in [2.24, 2.45) is 0 Å². The summed E-state index contributed by atoms with van der Waals surface area (Å²) in [4.78, 5) is 39.1. The number of nitrogens with zero attached hydrogens (tertiary/aromatic N) is 1. The van der Waals surface area contributed by atoms with Gasteiger partial charge >= 0.3 is 0 Å². The summed E-state index contributed by atoms with van der Waals surface area (Å²) < 4.78 is 16.2. The van der Waals surface area contributed by atoms with Gasteiger partial charge in [-0.25, -0.2) is 0 Å². The molecular formula is C25H29N3O6. The molecule has 0 saturated heterocycles. The molecule has 2 N–H and O–H groups in total. The van der Waals surface area contributed by atoms with Crippen LogP contribution in [0.2, 0.25) is 0 Å². The van der Waals surface area contributed by atoms with Crippen molar-refractivity contribution >= 4 is 34.7 Å². The summed E-state index contributed by atoms with van der Waals surface area (Å²) in [5, 5.41) is 5.78. The molecule has 0 radical (unpaired) electrons. The van der Waals surface area contributed by atoms with Gasteiger partial charge in [-0.3, -0.25) is 19.3 Å². The molecule has 0 fully saturated rings. The van der Waals surface area contributed by atoms with Crippen LogP contribution in [-0.4, -0.2) is 56.1 Å². The van der Waals surface area contributed by atoms with Crippen LogP contribution in [0, 0.1) is 0 Å². The number of amides is 3. The van der Waals surface area contributed by atoms with Crippen molar-refractivity contribution in [2.45, 2.75) is 26.9 Å². The molecule has 0 unspecified atom stereocenters. The Morgan fingerprint density at radius 2 is 1.59 bits per heavy atom. The lowest BCUT2D eigenvalue weighted by Crippen LogP contribution is -2.35. The van der Waals surface area contributed by atoms with Gasteiger partial charge in [-0.05, 0) is 55.8 Å². The molecule has 0 spiro atoms. The number of hydrogen-bond donors (Lipinski definition) is 2. The van der Waals surface area contributed by atoms with E-state index in [0.29, 0.717) is 28.4 Å².